The first kappa shape index (κ1) is 9.58. The van der Waals surface area contributed by atoms with Crippen LogP contribution in [0.25, 0.3) is 0 Å². The third-order valence-electron chi connectivity index (χ3n) is 1.62. The van der Waals surface area contributed by atoms with Gasteiger partial charge in [0.1, 0.15) is 0 Å². The molecule has 0 heterocycles. The van der Waals surface area contributed by atoms with Crippen LogP contribution >= 0.6 is 7.28 Å². The predicted octanol–water partition coefficient (Wildman–Crippen LogP) is -0.497. The zero-order chi connectivity index (χ0) is 9.27. The summed E-state index contributed by atoms with van der Waals surface area (Å²) in [5, 5.41) is 0.0889. The number of hydrogen-bond acceptors (Lipinski definition) is 4. The quantitative estimate of drug-likeness (QED) is 0.472. The third kappa shape index (κ3) is 1.80. The molecule has 0 unspecified atom stereocenters. The zero-order valence-corrected chi connectivity index (χ0v) is 7.35. The summed E-state index contributed by atoms with van der Waals surface area (Å²) in [5.41, 5.74) is 5.08. The summed E-state index contributed by atoms with van der Waals surface area (Å²) >= 11 is 0. The van der Waals surface area contributed by atoms with E-state index >= 15 is 0 Å². The normalized spacial score (nSPS) is 15.2. The molecular weight excluding hydrogens is 177 g/mol. The molecule has 0 amide bonds. The minimum atomic E-state index is -4.74. The van der Waals surface area contributed by atoms with E-state index < -0.39 is 13.6 Å². The van der Waals surface area contributed by atoms with Crippen LogP contribution < -0.4 is 11.0 Å². The molecule has 0 fully saturated rings. The standard InChI is InChI=1S/C7H12NO3P/c8-6-12(9,10,11)7-4-2-1-3-5-7/h1-5,9-11H,6,8H2. The van der Waals surface area contributed by atoms with E-state index in [1.54, 1.807) is 18.2 Å². The Labute approximate surface area is 70.4 Å². The molecule has 0 spiro atoms. The van der Waals surface area contributed by atoms with Crippen molar-refractivity contribution in [3.05, 3.63) is 30.3 Å². The van der Waals surface area contributed by atoms with Crippen molar-refractivity contribution in [3.8, 4) is 0 Å². The molecule has 0 aliphatic carbocycles. The fraction of sp³-hybridized carbons (Fsp3) is 0.143. The van der Waals surface area contributed by atoms with Gasteiger partial charge >= 0.3 is 69.6 Å². The second-order valence-corrected chi connectivity index (χ2v) is 5.85. The summed E-state index contributed by atoms with van der Waals surface area (Å²) < 4.78 is 0. The van der Waals surface area contributed by atoms with Crippen molar-refractivity contribution in [1.82, 2.24) is 0 Å². The molecule has 0 atom stereocenters. The van der Waals surface area contributed by atoms with Gasteiger partial charge in [-0.15, -0.1) is 0 Å². The molecule has 0 saturated carbocycles. The Morgan fingerprint density at radius 3 is 2.00 bits per heavy atom. The van der Waals surface area contributed by atoms with Gasteiger partial charge in [-0.1, -0.05) is 0 Å². The second kappa shape index (κ2) is 2.76. The Morgan fingerprint density at radius 1 is 1.08 bits per heavy atom. The summed E-state index contributed by atoms with van der Waals surface area (Å²) in [6.45, 7) is 0. The van der Waals surface area contributed by atoms with Gasteiger partial charge in [-0.2, -0.15) is 0 Å². The Bertz CT molecular complexity index is 267. The van der Waals surface area contributed by atoms with E-state index in [0.29, 0.717) is 0 Å². The molecule has 0 saturated heterocycles. The van der Waals surface area contributed by atoms with E-state index in [9.17, 15) is 14.7 Å². The Hall–Kier alpha value is -0.510. The van der Waals surface area contributed by atoms with Crippen molar-refractivity contribution in [2.75, 3.05) is 6.29 Å². The first-order chi connectivity index (χ1) is 5.44. The van der Waals surface area contributed by atoms with Crippen LogP contribution in [-0.2, 0) is 0 Å². The minimum absolute atomic E-state index is 0.0889. The van der Waals surface area contributed by atoms with Gasteiger partial charge in [-0.25, -0.2) is 0 Å². The summed E-state index contributed by atoms with van der Waals surface area (Å²) in [4.78, 5) is 28.1. The van der Waals surface area contributed by atoms with Crippen molar-refractivity contribution in [3.63, 3.8) is 0 Å². The van der Waals surface area contributed by atoms with Crippen molar-refractivity contribution < 1.29 is 14.7 Å². The SMILES string of the molecule is NCP(O)(O)(O)c1ccccc1. The van der Waals surface area contributed by atoms with Crippen molar-refractivity contribution in [2.24, 2.45) is 5.73 Å². The molecule has 1 rings (SSSR count). The van der Waals surface area contributed by atoms with Crippen LogP contribution in [0.3, 0.4) is 0 Å². The summed E-state index contributed by atoms with van der Waals surface area (Å²) in [5.74, 6) is 0. The van der Waals surface area contributed by atoms with Crippen LogP contribution in [0.15, 0.2) is 30.3 Å². The number of nitrogens with two attached hydrogens (primary N) is 1. The van der Waals surface area contributed by atoms with E-state index in [0.717, 1.165) is 0 Å². The van der Waals surface area contributed by atoms with Gasteiger partial charge in [0.25, 0.3) is 0 Å². The molecule has 4 nitrogen and oxygen atoms in total. The third-order valence-corrected chi connectivity index (χ3v) is 3.65. The first-order valence-electron chi connectivity index (χ1n) is 3.46. The molecule has 1 aromatic carbocycles. The Balaban J connectivity index is 3.14. The van der Waals surface area contributed by atoms with Crippen LogP contribution in [0.2, 0.25) is 0 Å². The number of rotatable bonds is 2. The van der Waals surface area contributed by atoms with E-state index in [2.05, 4.69) is 0 Å². The van der Waals surface area contributed by atoms with Crippen molar-refractivity contribution >= 4 is 12.6 Å². The van der Waals surface area contributed by atoms with Crippen molar-refractivity contribution in [2.45, 2.75) is 0 Å². The number of hydrogen-bond donors (Lipinski definition) is 4. The van der Waals surface area contributed by atoms with Crippen molar-refractivity contribution in [1.29, 1.82) is 0 Å². The summed E-state index contributed by atoms with van der Waals surface area (Å²) in [6, 6.07) is 7.80. The van der Waals surface area contributed by atoms with Crippen LogP contribution in [-0.4, -0.2) is 21.0 Å². The van der Waals surface area contributed by atoms with E-state index in [-0.39, 0.29) is 5.30 Å². The average Bonchev–Trinajstić information content (AvgIpc) is 2.06. The molecule has 0 bridgehead atoms. The molecule has 0 radical (unpaired) electrons. The maximum absolute atomic E-state index is 9.38. The molecule has 5 heteroatoms. The van der Waals surface area contributed by atoms with Gasteiger partial charge in [0.2, 0.25) is 0 Å². The monoisotopic (exact) mass is 189 g/mol. The fourth-order valence-corrected chi connectivity index (χ4v) is 1.83. The van der Waals surface area contributed by atoms with Gasteiger partial charge in [0.05, 0.1) is 0 Å². The topological polar surface area (TPSA) is 86.7 Å². The van der Waals surface area contributed by atoms with Crippen LogP contribution in [0, 0.1) is 0 Å². The Morgan fingerprint density at radius 2 is 1.58 bits per heavy atom. The maximum atomic E-state index is 9.38. The average molecular weight is 189 g/mol. The Kier molecular flexibility index (Phi) is 2.21. The molecular formula is C7H12NO3P. The molecule has 1 aromatic rings. The molecule has 12 heavy (non-hydrogen) atoms. The van der Waals surface area contributed by atoms with Gasteiger partial charge in [0, 0.05) is 0 Å². The van der Waals surface area contributed by atoms with Crippen LogP contribution in [0.4, 0.5) is 0 Å². The van der Waals surface area contributed by atoms with Gasteiger partial charge < -0.3 is 0 Å². The molecule has 0 aliphatic heterocycles. The fourth-order valence-electron chi connectivity index (χ4n) is 0.839. The first-order valence-corrected chi connectivity index (χ1v) is 5.74. The molecule has 68 valence electrons. The van der Waals surface area contributed by atoms with Crippen LogP contribution in [0.5, 0.6) is 0 Å². The van der Waals surface area contributed by atoms with E-state index in [1.807, 2.05) is 0 Å². The van der Waals surface area contributed by atoms with Gasteiger partial charge in [-0.05, 0) is 0 Å². The zero-order valence-electron chi connectivity index (χ0n) is 6.46. The van der Waals surface area contributed by atoms with Crippen LogP contribution in [0.1, 0.15) is 0 Å². The molecule has 0 aliphatic rings. The van der Waals surface area contributed by atoms with Gasteiger partial charge in [-0.3, -0.25) is 0 Å². The second-order valence-electron chi connectivity index (χ2n) is 2.67. The summed E-state index contributed by atoms with van der Waals surface area (Å²) in [7, 11) is -4.74. The number of benzene rings is 1. The van der Waals surface area contributed by atoms with E-state index in [4.69, 9.17) is 5.73 Å². The predicted molar refractivity (Wildman–Crippen MR) is 48.7 cm³/mol. The summed E-state index contributed by atoms with van der Waals surface area (Å²) in [6.07, 6.45) is -0.546. The van der Waals surface area contributed by atoms with E-state index in [1.165, 1.54) is 12.1 Å². The molecule has 0 aromatic heterocycles. The molecule has 5 N–H and O–H groups in total. The van der Waals surface area contributed by atoms with Gasteiger partial charge in [0.15, 0.2) is 0 Å².